The van der Waals surface area contributed by atoms with Gasteiger partial charge in [-0.15, -0.1) is 0 Å². The van der Waals surface area contributed by atoms with Crippen LogP contribution < -0.4 is 6.15 Å². The Kier molecular flexibility index (Phi) is 18.5. The topological polar surface area (TPSA) is 431 Å². The van der Waals surface area contributed by atoms with Crippen LogP contribution in [0.1, 0.15) is 38.5 Å². The van der Waals surface area contributed by atoms with Crippen LogP contribution in [0.25, 0.3) is 0 Å². The van der Waals surface area contributed by atoms with E-state index >= 15 is 0 Å². The number of carbonyl (C=O) groups is 9. The van der Waals surface area contributed by atoms with Crippen molar-refractivity contribution in [1.29, 1.82) is 0 Å². The van der Waals surface area contributed by atoms with E-state index in [1.54, 1.807) is 0 Å². The lowest BCUT2D eigenvalue weighted by Crippen LogP contribution is -2.42. The van der Waals surface area contributed by atoms with E-state index in [9.17, 15) is 43.2 Å². The van der Waals surface area contributed by atoms with Gasteiger partial charge < -0.3 is 67.4 Å². The Hall–Kier alpha value is -4.93. The molecule has 0 aromatic heterocycles. The first-order valence-corrected chi connectivity index (χ1v) is 9.51. The van der Waals surface area contributed by atoms with Crippen LogP contribution in [0.2, 0.25) is 0 Å². The molecule has 22 nitrogen and oxygen atoms in total. The van der Waals surface area contributed by atoms with Gasteiger partial charge in [0.15, 0.2) is 16.8 Å². The van der Waals surface area contributed by atoms with Gasteiger partial charge in [0.2, 0.25) is 0 Å². The van der Waals surface area contributed by atoms with E-state index in [0.717, 1.165) is 0 Å². The van der Waals surface area contributed by atoms with E-state index in [2.05, 4.69) is 0 Å². The summed E-state index contributed by atoms with van der Waals surface area (Å²) in [5.74, 6) is -15.1. The standard InChI is InChI=1S/3C6H8O7.H3N/c3*7-3(8)1-6(13,5(11)12)2-4(9)10;/h3*13H,1-2H2,(H,7,8)(H,9,10)(H,11,12);1H3. The van der Waals surface area contributed by atoms with Gasteiger partial charge in [0, 0.05) is 0 Å². The summed E-state index contributed by atoms with van der Waals surface area (Å²) in [6.45, 7) is 0. The Balaban J connectivity index is -0.000000240. The third kappa shape index (κ3) is 18.3. The molecule has 0 unspecified atom stereocenters. The number of hydrogen-bond acceptors (Lipinski definition) is 13. The lowest BCUT2D eigenvalue weighted by molar-refractivity contribution is -0.170. The number of aliphatic carboxylic acids is 9. The maximum Gasteiger partial charge on any atom is 0.336 e. The lowest BCUT2D eigenvalue weighted by atomic mass is 9.96. The average Bonchev–Trinajstić information content (AvgIpc) is 2.64. The van der Waals surface area contributed by atoms with E-state index in [4.69, 9.17) is 61.3 Å². The van der Waals surface area contributed by atoms with E-state index < -0.39 is 109 Å². The van der Waals surface area contributed by atoms with E-state index in [1.165, 1.54) is 0 Å². The molecule has 0 aliphatic carbocycles. The first-order valence-electron chi connectivity index (χ1n) is 9.51. The average molecular weight is 593 g/mol. The molecule has 230 valence electrons. The molecule has 40 heavy (non-hydrogen) atoms. The van der Waals surface area contributed by atoms with Gasteiger partial charge >= 0.3 is 53.7 Å². The van der Waals surface area contributed by atoms with Crippen molar-refractivity contribution in [2.75, 3.05) is 0 Å². The zero-order valence-corrected chi connectivity index (χ0v) is 20.0. The van der Waals surface area contributed by atoms with Crippen molar-refractivity contribution in [1.82, 2.24) is 6.15 Å². The van der Waals surface area contributed by atoms with Gasteiger partial charge in [-0.3, -0.25) is 28.8 Å². The van der Waals surface area contributed by atoms with Crippen molar-refractivity contribution < 1.29 is 104 Å². The summed E-state index contributed by atoms with van der Waals surface area (Å²) in [7, 11) is 0. The Morgan fingerprint density at radius 3 is 0.475 bits per heavy atom. The fourth-order valence-electron chi connectivity index (χ4n) is 2.14. The molecule has 0 aliphatic heterocycles. The van der Waals surface area contributed by atoms with Crippen LogP contribution in [-0.2, 0) is 43.2 Å². The number of carboxylic acid groups (broad SMARTS) is 9. The molecule has 0 saturated heterocycles. The predicted octanol–water partition coefficient (Wildman–Crippen LogP) is -3.58. The van der Waals surface area contributed by atoms with E-state index in [1.807, 2.05) is 0 Å². The Morgan fingerprint density at radius 2 is 0.425 bits per heavy atom. The van der Waals surface area contributed by atoms with Gasteiger partial charge in [-0.2, -0.15) is 0 Å². The Morgan fingerprint density at radius 1 is 0.325 bits per heavy atom. The van der Waals surface area contributed by atoms with Crippen LogP contribution in [0.4, 0.5) is 0 Å². The lowest BCUT2D eigenvalue weighted by Gasteiger charge is -2.18. The molecule has 0 amide bonds. The number of hydrogen-bond donors (Lipinski definition) is 13. The molecule has 0 aromatic carbocycles. The fraction of sp³-hybridized carbons (Fsp3) is 0.500. The Labute approximate surface area is 220 Å². The minimum atomic E-state index is -2.74. The van der Waals surface area contributed by atoms with Crippen LogP contribution >= 0.6 is 0 Å². The predicted molar refractivity (Wildman–Crippen MR) is 116 cm³/mol. The van der Waals surface area contributed by atoms with Gasteiger partial charge in [-0.25, -0.2) is 14.4 Å². The van der Waals surface area contributed by atoms with Crippen LogP contribution in [-0.4, -0.2) is 132 Å². The summed E-state index contributed by atoms with van der Waals surface area (Å²) < 4.78 is 0. The molecule has 0 saturated carbocycles. The molecule has 22 heteroatoms. The van der Waals surface area contributed by atoms with Gasteiger partial charge in [0.1, 0.15) is 0 Å². The van der Waals surface area contributed by atoms with Crippen molar-refractivity contribution >= 4 is 53.7 Å². The quantitative estimate of drug-likeness (QED) is 0.0872. The molecule has 0 fully saturated rings. The summed E-state index contributed by atoms with van der Waals surface area (Å²) in [5, 5.41) is 101. The first kappa shape index (κ1) is 42.2. The third-order valence-corrected chi connectivity index (χ3v) is 3.86. The van der Waals surface area contributed by atoms with E-state index in [0.29, 0.717) is 0 Å². The highest BCUT2D eigenvalue weighted by Gasteiger charge is 2.42. The largest absolute Gasteiger partial charge is 0.481 e. The van der Waals surface area contributed by atoms with Crippen molar-refractivity contribution in [2.24, 2.45) is 0 Å². The van der Waals surface area contributed by atoms with Crippen molar-refractivity contribution in [3.05, 3.63) is 0 Å². The second-order valence-electron chi connectivity index (χ2n) is 7.43. The summed E-state index contributed by atoms with van der Waals surface area (Å²) in [6.07, 6.45) is -6.87. The zero-order chi connectivity index (χ0) is 31.9. The molecule has 0 spiro atoms. The minimum absolute atomic E-state index is 0. The van der Waals surface area contributed by atoms with Crippen LogP contribution in [0.15, 0.2) is 0 Å². The highest BCUT2D eigenvalue weighted by Crippen LogP contribution is 2.17. The Bertz CT molecular complexity index is 812. The van der Waals surface area contributed by atoms with Crippen LogP contribution in [0.3, 0.4) is 0 Å². The molecule has 0 atom stereocenters. The molecule has 0 rings (SSSR count). The second-order valence-corrected chi connectivity index (χ2v) is 7.43. The van der Waals surface area contributed by atoms with Gasteiger partial charge in [-0.05, 0) is 0 Å². The third-order valence-electron chi connectivity index (χ3n) is 3.86. The van der Waals surface area contributed by atoms with Crippen LogP contribution in [0.5, 0.6) is 0 Å². The zero-order valence-electron chi connectivity index (χ0n) is 20.0. The number of rotatable bonds is 15. The molecular weight excluding hydrogens is 566 g/mol. The highest BCUT2D eigenvalue weighted by molar-refractivity contribution is 5.89. The first-order chi connectivity index (χ1) is 17.3. The monoisotopic (exact) mass is 593 g/mol. The molecule has 15 N–H and O–H groups in total. The molecule has 0 bridgehead atoms. The van der Waals surface area contributed by atoms with E-state index in [-0.39, 0.29) is 6.15 Å². The van der Waals surface area contributed by atoms with Gasteiger partial charge in [0.05, 0.1) is 38.5 Å². The highest BCUT2D eigenvalue weighted by atomic mass is 16.4. The summed E-state index contributed by atoms with van der Waals surface area (Å²) in [6, 6.07) is 0. The smallest absolute Gasteiger partial charge is 0.336 e. The normalized spacial score (nSPS) is 10.6. The number of carboxylic acids is 9. The second kappa shape index (κ2) is 17.6. The van der Waals surface area contributed by atoms with Crippen molar-refractivity contribution in [3.8, 4) is 0 Å². The van der Waals surface area contributed by atoms with Crippen LogP contribution in [0, 0.1) is 0 Å². The van der Waals surface area contributed by atoms with Crippen molar-refractivity contribution in [3.63, 3.8) is 0 Å². The molecule has 0 aromatic rings. The minimum Gasteiger partial charge on any atom is -0.481 e. The van der Waals surface area contributed by atoms with Crippen molar-refractivity contribution in [2.45, 2.75) is 55.3 Å². The maximum absolute atomic E-state index is 10.3. The molecule has 0 radical (unpaired) electrons. The maximum atomic E-state index is 10.3. The summed E-state index contributed by atoms with van der Waals surface area (Å²) in [4.78, 5) is 91.5. The SMILES string of the molecule is N.O=C(O)CC(O)(CC(=O)O)C(=O)O.O=C(O)CC(O)(CC(=O)O)C(=O)O.O=C(O)CC(O)(CC(=O)O)C(=O)O. The molecule has 0 aliphatic rings. The van der Waals surface area contributed by atoms with Gasteiger partial charge in [0.25, 0.3) is 0 Å². The number of aliphatic hydroxyl groups is 3. The summed E-state index contributed by atoms with van der Waals surface area (Å²) in [5.41, 5.74) is -8.22. The molecular formula is C18H27NO21. The van der Waals surface area contributed by atoms with Gasteiger partial charge in [-0.1, -0.05) is 0 Å². The molecule has 0 heterocycles. The fourth-order valence-corrected chi connectivity index (χ4v) is 2.14. The summed E-state index contributed by atoms with van der Waals surface area (Å²) >= 11 is 0.